The molecule has 1 aromatic rings. The van der Waals surface area contributed by atoms with E-state index in [9.17, 15) is 14.9 Å². The van der Waals surface area contributed by atoms with Crippen molar-refractivity contribution in [2.45, 2.75) is 6.92 Å². The molecule has 18 heavy (non-hydrogen) atoms. The van der Waals surface area contributed by atoms with Gasteiger partial charge < -0.3 is 10.0 Å². The predicted molar refractivity (Wildman–Crippen MR) is 61.1 cm³/mol. The molecule has 0 saturated carbocycles. The van der Waals surface area contributed by atoms with E-state index in [0.717, 1.165) is 0 Å². The van der Waals surface area contributed by atoms with Gasteiger partial charge >= 0.3 is 11.7 Å². The second-order valence-corrected chi connectivity index (χ2v) is 3.31. The van der Waals surface area contributed by atoms with Crippen LogP contribution in [0.3, 0.4) is 0 Å². The van der Waals surface area contributed by atoms with Crippen molar-refractivity contribution in [3.8, 4) is 6.07 Å². The molecular weight excluding hydrogens is 240 g/mol. The van der Waals surface area contributed by atoms with Gasteiger partial charge in [-0.15, -0.1) is 0 Å². The maximum Gasteiger partial charge on any atom is 0.329 e. The highest BCUT2D eigenvalue weighted by Gasteiger charge is 2.25. The van der Waals surface area contributed by atoms with Crippen LogP contribution in [0.25, 0.3) is 0 Å². The fourth-order valence-electron chi connectivity index (χ4n) is 1.44. The smallest absolute Gasteiger partial charge is 0.329 e. The van der Waals surface area contributed by atoms with Crippen LogP contribution < -0.4 is 4.90 Å². The zero-order valence-electron chi connectivity index (χ0n) is 9.53. The predicted octanol–water partition coefficient (Wildman–Crippen LogP) is 0.772. The second-order valence-electron chi connectivity index (χ2n) is 3.31. The van der Waals surface area contributed by atoms with E-state index in [1.807, 2.05) is 0 Å². The van der Waals surface area contributed by atoms with Crippen molar-refractivity contribution in [2.24, 2.45) is 0 Å². The van der Waals surface area contributed by atoms with Crippen LogP contribution in [-0.4, -0.2) is 34.1 Å². The first-order chi connectivity index (χ1) is 8.51. The van der Waals surface area contributed by atoms with Crippen molar-refractivity contribution >= 4 is 17.5 Å². The van der Waals surface area contributed by atoms with Crippen LogP contribution in [-0.2, 0) is 4.79 Å². The van der Waals surface area contributed by atoms with E-state index in [-0.39, 0.29) is 17.9 Å². The molecule has 0 aromatic carbocycles. The first kappa shape index (κ1) is 13.4. The van der Waals surface area contributed by atoms with Crippen LogP contribution in [0.1, 0.15) is 12.5 Å². The van der Waals surface area contributed by atoms with Gasteiger partial charge in [-0.05, 0) is 13.0 Å². The number of nitriles is 1. The van der Waals surface area contributed by atoms with E-state index >= 15 is 0 Å². The number of carboxylic acid groups (broad SMARTS) is 1. The van der Waals surface area contributed by atoms with E-state index in [0.29, 0.717) is 0 Å². The molecule has 1 N–H and O–H groups in total. The van der Waals surface area contributed by atoms with E-state index < -0.39 is 23.1 Å². The molecule has 0 saturated heterocycles. The van der Waals surface area contributed by atoms with Crippen molar-refractivity contribution in [2.75, 3.05) is 18.0 Å². The SMILES string of the molecule is CCN(CC(=O)O)c1nccc(C#N)c1[N+](=O)[O-]. The first-order valence-electron chi connectivity index (χ1n) is 5.01. The Labute approximate surface area is 102 Å². The Kier molecular flexibility index (Phi) is 4.15. The largest absolute Gasteiger partial charge is 0.480 e. The lowest BCUT2D eigenvalue weighted by Crippen LogP contribution is -2.30. The molecule has 0 aliphatic rings. The highest BCUT2D eigenvalue weighted by atomic mass is 16.6. The van der Waals surface area contributed by atoms with E-state index in [4.69, 9.17) is 10.4 Å². The summed E-state index contributed by atoms with van der Waals surface area (Å²) in [7, 11) is 0. The lowest BCUT2D eigenvalue weighted by atomic mass is 10.2. The third-order valence-electron chi connectivity index (χ3n) is 2.22. The minimum Gasteiger partial charge on any atom is -0.480 e. The number of carbonyl (C=O) groups is 1. The maximum absolute atomic E-state index is 10.9. The Morgan fingerprint density at radius 1 is 1.72 bits per heavy atom. The number of carboxylic acids is 1. The monoisotopic (exact) mass is 250 g/mol. The summed E-state index contributed by atoms with van der Waals surface area (Å²) in [4.78, 5) is 25.9. The summed E-state index contributed by atoms with van der Waals surface area (Å²) in [5.41, 5.74) is -0.614. The van der Waals surface area contributed by atoms with Crippen molar-refractivity contribution in [1.82, 2.24) is 4.98 Å². The highest BCUT2D eigenvalue weighted by Crippen LogP contribution is 2.28. The minimum absolute atomic E-state index is 0.107. The molecule has 8 heteroatoms. The Hall–Kier alpha value is -2.69. The Morgan fingerprint density at radius 3 is 2.83 bits per heavy atom. The number of aliphatic carboxylic acids is 1. The molecular formula is C10H10N4O4. The minimum atomic E-state index is -1.13. The lowest BCUT2D eigenvalue weighted by Gasteiger charge is -2.19. The van der Waals surface area contributed by atoms with Gasteiger partial charge in [-0.25, -0.2) is 4.98 Å². The zero-order chi connectivity index (χ0) is 13.7. The summed E-state index contributed by atoms with van der Waals surface area (Å²) in [5, 5.41) is 28.5. The van der Waals surface area contributed by atoms with Crippen LogP contribution >= 0.6 is 0 Å². The molecule has 0 amide bonds. The number of hydrogen-bond donors (Lipinski definition) is 1. The summed E-state index contributed by atoms with van der Waals surface area (Å²) in [6, 6.07) is 2.91. The standard InChI is InChI=1S/C10H10N4O4/c1-2-13(6-8(15)16)10-9(14(17)18)7(5-11)3-4-12-10/h3-4H,2,6H2,1H3,(H,15,16). The summed E-state index contributed by atoms with van der Waals surface area (Å²) in [6.45, 7) is 1.46. The first-order valence-corrected chi connectivity index (χ1v) is 5.01. The normalized spacial score (nSPS) is 9.56. The van der Waals surface area contributed by atoms with Gasteiger partial charge in [-0.1, -0.05) is 0 Å². The summed E-state index contributed by atoms with van der Waals surface area (Å²) in [5.74, 6) is -1.24. The molecule has 0 aliphatic heterocycles. The number of aromatic nitrogens is 1. The van der Waals surface area contributed by atoms with Crippen molar-refractivity contribution in [3.63, 3.8) is 0 Å². The van der Waals surface area contributed by atoms with Crippen molar-refractivity contribution in [3.05, 3.63) is 27.9 Å². The van der Waals surface area contributed by atoms with Crippen molar-refractivity contribution in [1.29, 1.82) is 5.26 Å². The average molecular weight is 250 g/mol. The quantitative estimate of drug-likeness (QED) is 0.605. The van der Waals surface area contributed by atoms with Crippen LogP contribution in [0.4, 0.5) is 11.5 Å². The molecule has 1 rings (SSSR count). The van der Waals surface area contributed by atoms with Crippen LogP contribution in [0, 0.1) is 21.4 Å². The molecule has 0 unspecified atom stereocenters. The zero-order valence-corrected chi connectivity index (χ0v) is 9.53. The fourth-order valence-corrected chi connectivity index (χ4v) is 1.44. The molecule has 1 aromatic heterocycles. The number of pyridine rings is 1. The van der Waals surface area contributed by atoms with Gasteiger partial charge in [0.25, 0.3) is 0 Å². The molecule has 0 spiro atoms. The Balaban J connectivity index is 3.34. The van der Waals surface area contributed by atoms with Gasteiger partial charge in [-0.3, -0.25) is 14.9 Å². The van der Waals surface area contributed by atoms with Crippen LogP contribution in [0.5, 0.6) is 0 Å². The summed E-state index contributed by atoms with van der Waals surface area (Å²) < 4.78 is 0. The average Bonchev–Trinajstić information content (AvgIpc) is 2.34. The highest BCUT2D eigenvalue weighted by molar-refractivity contribution is 5.76. The summed E-state index contributed by atoms with van der Waals surface area (Å²) in [6.07, 6.45) is 1.24. The number of hydrogen-bond acceptors (Lipinski definition) is 6. The number of rotatable bonds is 5. The Morgan fingerprint density at radius 2 is 2.39 bits per heavy atom. The third kappa shape index (κ3) is 2.70. The van der Waals surface area contributed by atoms with Crippen LogP contribution in [0.15, 0.2) is 12.3 Å². The van der Waals surface area contributed by atoms with E-state index in [1.54, 1.807) is 13.0 Å². The van der Waals surface area contributed by atoms with Gasteiger partial charge in [0.05, 0.1) is 4.92 Å². The van der Waals surface area contributed by atoms with Gasteiger partial charge in [0, 0.05) is 12.7 Å². The molecule has 94 valence electrons. The van der Waals surface area contributed by atoms with Gasteiger partial charge in [-0.2, -0.15) is 5.26 Å². The van der Waals surface area contributed by atoms with Crippen LogP contribution in [0.2, 0.25) is 0 Å². The van der Waals surface area contributed by atoms with Gasteiger partial charge in [0.15, 0.2) is 0 Å². The number of anilines is 1. The molecule has 0 bridgehead atoms. The Bertz CT molecular complexity index is 523. The van der Waals surface area contributed by atoms with E-state index in [2.05, 4.69) is 4.98 Å². The fraction of sp³-hybridized carbons (Fsp3) is 0.300. The number of nitro groups is 1. The molecule has 0 fully saturated rings. The van der Waals surface area contributed by atoms with Crippen molar-refractivity contribution < 1.29 is 14.8 Å². The molecule has 0 radical (unpaired) electrons. The molecule has 0 atom stereocenters. The second kappa shape index (κ2) is 5.58. The molecule has 0 aliphatic carbocycles. The number of nitrogens with zero attached hydrogens (tertiary/aromatic N) is 4. The molecule has 1 heterocycles. The lowest BCUT2D eigenvalue weighted by molar-refractivity contribution is -0.384. The third-order valence-corrected chi connectivity index (χ3v) is 2.22. The maximum atomic E-state index is 10.9. The number of likely N-dealkylation sites (N-methyl/N-ethyl adjacent to an activating group) is 1. The molecule has 8 nitrogen and oxygen atoms in total. The topological polar surface area (TPSA) is 120 Å². The summed E-state index contributed by atoms with van der Waals surface area (Å²) >= 11 is 0. The van der Waals surface area contributed by atoms with Gasteiger partial charge in [0.1, 0.15) is 18.2 Å². The van der Waals surface area contributed by atoms with E-state index in [1.165, 1.54) is 17.2 Å². The van der Waals surface area contributed by atoms with Gasteiger partial charge in [0.2, 0.25) is 5.82 Å².